The van der Waals surface area contributed by atoms with Crippen LogP contribution in [0, 0.1) is 11.3 Å². The van der Waals surface area contributed by atoms with Gasteiger partial charge in [-0.25, -0.2) is 5.84 Å². The molecule has 3 N–H and O–H groups in total. The highest BCUT2D eigenvalue weighted by molar-refractivity contribution is 5.75. The Bertz CT molecular complexity index is 384. The average Bonchev–Trinajstić information content (AvgIpc) is 2.29. The minimum Gasteiger partial charge on any atom is -0.493 e. The van der Waals surface area contributed by atoms with Gasteiger partial charge in [0, 0.05) is 0 Å². The third-order valence-corrected chi connectivity index (χ3v) is 1.72. The minimum absolute atomic E-state index is 0.188. The van der Waals surface area contributed by atoms with Crippen LogP contribution in [-0.4, -0.2) is 12.5 Å². The summed E-state index contributed by atoms with van der Waals surface area (Å²) >= 11 is 0. The Morgan fingerprint density at radius 2 is 2.40 bits per heavy atom. The molecule has 0 aliphatic rings. The zero-order valence-electron chi connectivity index (χ0n) is 8.06. The average molecular weight is 205 g/mol. The first-order chi connectivity index (χ1) is 7.26. The molecule has 1 amide bonds. The number of nitrogens with two attached hydrogens (primary N) is 1. The van der Waals surface area contributed by atoms with Crippen molar-refractivity contribution in [1.29, 1.82) is 5.26 Å². The molecule has 0 atom stereocenters. The van der Waals surface area contributed by atoms with Crippen LogP contribution in [0.4, 0.5) is 0 Å². The zero-order valence-corrected chi connectivity index (χ0v) is 8.06. The number of carbonyl (C=O) groups is 1. The van der Waals surface area contributed by atoms with Gasteiger partial charge in [-0.1, -0.05) is 6.07 Å². The highest BCUT2D eigenvalue weighted by Crippen LogP contribution is 2.12. The molecule has 1 aromatic carbocycles. The van der Waals surface area contributed by atoms with Crippen molar-refractivity contribution in [3.63, 3.8) is 0 Å². The molecule has 0 saturated carbocycles. The number of hydrogen-bond acceptors (Lipinski definition) is 4. The van der Waals surface area contributed by atoms with Crippen LogP contribution in [0.2, 0.25) is 0 Å². The summed E-state index contributed by atoms with van der Waals surface area (Å²) in [5.41, 5.74) is 2.53. The van der Waals surface area contributed by atoms with Crippen molar-refractivity contribution in [3.05, 3.63) is 29.8 Å². The SMILES string of the molecule is N#Cc1cccc(OCCC(=O)NN)c1. The lowest BCUT2D eigenvalue weighted by atomic mass is 10.2. The molecule has 78 valence electrons. The van der Waals surface area contributed by atoms with Gasteiger partial charge < -0.3 is 4.74 Å². The van der Waals surface area contributed by atoms with E-state index in [0.717, 1.165) is 0 Å². The summed E-state index contributed by atoms with van der Waals surface area (Å²) < 4.78 is 5.25. The summed E-state index contributed by atoms with van der Waals surface area (Å²) in [6, 6.07) is 8.73. The van der Waals surface area contributed by atoms with Gasteiger partial charge >= 0.3 is 0 Å². The molecule has 0 aliphatic carbocycles. The third-order valence-electron chi connectivity index (χ3n) is 1.72. The molecular weight excluding hydrogens is 194 g/mol. The van der Waals surface area contributed by atoms with Gasteiger partial charge in [-0.2, -0.15) is 5.26 Å². The summed E-state index contributed by atoms with van der Waals surface area (Å²) in [5, 5.41) is 8.63. The third kappa shape index (κ3) is 3.67. The Balaban J connectivity index is 2.44. The Morgan fingerprint density at radius 1 is 1.60 bits per heavy atom. The van der Waals surface area contributed by atoms with Crippen molar-refractivity contribution >= 4 is 5.91 Å². The van der Waals surface area contributed by atoms with Crippen LogP contribution in [0.5, 0.6) is 5.75 Å². The normalized spacial score (nSPS) is 9.07. The van der Waals surface area contributed by atoms with Crippen molar-refractivity contribution in [1.82, 2.24) is 5.43 Å². The highest BCUT2D eigenvalue weighted by Gasteiger charge is 1.99. The number of nitrogens with zero attached hydrogens (tertiary/aromatic N) is 1. The summed E-state index contributed by atoms with van der Waals surface area (Å²) in [6.07, 6.45) is 0.188. The number of carbonyl (C=O) groups excluding carboxylic acids is 1. The molecule has 0 bridgehead atoms. The van der Waals surface area contributed by atoms with Crippen molar-refractivity contribution < 1.29 is 9.53 Å². The van der Waals surface area contributed by atoms with E-state index in [1.54, 1.807) is 24.3 Å². The Morgan fingerprint density at radius 3 is 3.07 bits per heavy atom. The molecule has 5 nitrogen and oxygen atoms in total. The van der Waals surface area contributed by atoms with Crippen LogP contribution in [0.15, 0.2) is 24.3 Å². The largest absolute Gasteiger partial charge is 0.493 e. The molecule has 0 unspecified atom stereocenters. The summed E-state index contributed by atoms with van der Waals surface area (Å²) in [4.78, 5) is 10.8. The van der Waals surface area contributed by atoms with E-state index in [1.165, 1.54) is 0 Å². The van der Waals surface area contributed by atoms with Crippen molar-refractivity contribution in [3.8, 4) is 11.8 Å². The van der Waals surface area contributed by atoms with E-state index in [9.17, 15) is 4.79 Å². The maximum atomic E-state index is 10.8. The van der Waals surface area contributed by atoms with Gasteiger partial charge in [-0.3, -0.25) is 10.2 Å². The lowest BCUT2D eigenvalue weighted by Gasteiger charge is -2.05. The summed E-state index contributed by atoms with van der Waals surface area (Å²) in [5.74, 6) is 5.18. The monoisotopic (exact) mass is 205 g/mol. The number of hydrazine groups is 1. The molecule has 0 radical (unpaired) electrons. The van der Waals surface area contributed by atoms with Gasteiger partial charge in [0.2, 0.25) is 5.91 Å². The number of hydrogen-bond donors (Lipinski definition) is 2. The highest BCUT2D eigenvalue weighted by atomic mass is 16.5. The number of amides is 1. The molecule has 0 aromatic heterocycles. The molecule has 15 heavy (non-hydrogen) atoms. The molecule has 0 heterocycles. The predicted molar refractivity (Wildman–Crippen MR) is 53.6 cm³/mol. The van der Waals surface area contributed by atoms with Crippen molar-refractivity contribution in [2.45, 2.75) is 6.42 Å². The van der Waals surface area contributed by atoms with Gasteiger partial charge in [0.05, 0.1) is 24.7 Å². The minimum atomic E-state index is -0.286. The Hall–Kier alpha value is -2.06. The van der Waals surface area contributed by atoms with Crippen LogP contribution in [-0.2, 0) is 4.79 Å². The molecule has 5 heteroatoms. The first kappa shape index (κ1) is 11.0. The second kappa shape index (κ2) is 5.62. The molecule has 1 rings (SSSR count). The van der Waals surface area contributed by atoms with E-state index < -0.39 is 0 Å². The molecule has 0 spiro atoms. The Kier molecular flexibility index (Phi) is 4.13. The fourth-order valence-corrected chi connectivity index (χ4v) is 0.989. The van der Waals surface area contributed by atoms with E-state index in [-0.39, 0.29) is 18.9 Å². The summed E-state index contributed by atoms with van der Waals surface area (Å²) in [7, 11) is 0. The van der Waals surface area contributed by atoms with Crippen LogP contribution >= 0.6 is 0 Å². The topological polar surface area (TPSA) is 88.1 Å². The second-order valence-electron chi connectivity index (χ2n) is 2.81. The second-order valence-corrected chi connectivity index (χ2v) is 2.81. The fourth-order valence-electron chi connectivity index (χ4n) is 0.989. The first-order valence-corrected chi connectivity index (χ1v) is 4.38. The molecule has 0 aliphatic heterocycles. The summed E-state index contributed by atoms with van der Waals surface area (Å²) in [6.45, 7) is 0.234. The van der Waals surface area contributed by atoms with Crippen LogP contribution < -0.4 is 16.0 Å². The van der Waals surface area contributed by atoms with E-state index in [4.69, 9.17) is 15.8 Å². The molecule has 0 saturated heterocycles. The predicted octanol–water partition coefficient (Wildman–Crippen LogP) is 0.317. The van der Waals surface area contributed by atoms with Crippen LogP contribution in [0.25, 0.3) is 0 Å². The van der Waals surface area contributed by atoms with E-state index in [1.807, 2.05) is 11.5 Å². The lowest BCUT2D eigenvalue weighted by Crippen LogP contribution is -2.31. The van der Waals surface area contributed by atoms with E-state index >= 15 is 0 Å². The zero-order chi connectivity index (χ0) is 11.1. The number of nitriles is 1. The van der Waals surface area contributed by atoms with E-state index in [2.05, 4.69) is 0 Å². The number of nitrogens with one attached hydrogen (secondary N) is 1. The Labute approximate surface area is 87.4 Å². The van der Waals surface area contributed by atoms with Crippen molar-refractivity contribution in [2.24, 2.45) is 5.84 Å². The van der Waals surface area contributed by atoms with Crippen LogP contribution in [0.3, 0.4) is 0 Å². The molecule has 0 fully saturated rings. The number of benzene rings is 1. The van der Waals surface area contributed by atoms with Gasteiger partial charge in [0.1, 0.15) is 5.75 Å². The molecule has 1 aromatic rings. The standard InChI is InChI=1S/C10H11N3O2/c11-7-8-2-1-3-9(6-8)15-5-4-10(14)13-12/h1-3,6H,4-5,12H2,(H,13,14). The van der Waals surface area contributed by atoms with Crippen LogP contribution in [0.1, 0.15) is 12.0 Å². The van der Waals surface area contributed by atoms with Gasteiger partial charge in [-0.15, -0.1) is 0 Å². The van der Waals surface area contributed by atoms with E-state index in [0.29, 0.717) is 11.3 Å². The maximum absolute atomic E-state index is 10.8. The lowest BCUT2D eigenvalue weighted by molar-refractivity contribution is -0.121. The quantitative estimate of drug-likeness (QED) is 0.421. The van der Waals surface area contributed by atoms with Gasteiger partial charge in [0.25, 0.3) is 0 Å². The smallest absolute Gasteiger partial charge is 0.237 e. The fraction of sp³-hybridized carbons (Fsp3) is 0.200. The van der Waals surface area contributed by atoms with Gasteiger partial charge in [-0.05, 0) is 18.2 Å². The first-order valence-electron chi connectivity index (χ1n) is 4.38. The number of ether oxygens (including phenoxy) is 1. The number of rotatable bonds is 4. The van der Waals surface area contributed by atoms with Gasteiger partial charge in [0.15, 0.2) is 0 Å². The van der Waals surface area contributed by atoms with Crippen molar-refractivity contribution in [2.75, 3.05) is 6.61 Å². The molecular formula is C10H11N3O2. The maximum Gasteiger partial charge on any atom is 0.237 e.